The minimum atomic E-state index is -4.37. The summed E-state index contributed by atoms with van der Waals surface area (Å²) >= 11 is 12.8. The summed E-state index contributed by atoms with van der Waals surface area (Å²) in [6.07, 6.45) is 4.54. The molecule has 0 radical (unpaired) electrons. The maximum Gasteiger partial charge on any atom is 0.387 e. The molecule has 1 saturated carbocycles. The Labute approximate surface area is 279 Å². The van der Waals surface area contributed by atoms with E-state index in [9.17, 15) is 26.8 Å². The number of carbonyl (C=O) groups is 2. The van der Waals surface area contributed by atoms with Crippen LogP contribution in [0.4, 0.5) is 8.78 Å². The topological polar surface area (TPSA) is 117 Å². The van der Waals surface area contributed by atoms with Crippen molar-refractivity contribution in [3.63, 3.8) is 0 Å². The molecule has 4 aromatic rings. The van der Waals surface area contributed by atoms with Crippen LogP contribution in [-0.2, 0) is 21.2 Å². The molecule has 2 aromatic heterocycles. The number of halogens is 4. The predicted octanol–water partition coefficient (Wildman–Crippen LogP) is 6.66. The zero-order valence-electron chi connectivity index (χ0n) is 25.1. The van der Waals surface area contributed by atoms with Crippen molar-refractivity contribution in [2.45, 2.75) is 36.9 Å². The van der Waals surface area contributed by atoms with Crippen molar-refractivity contribution < 1.29 is 41.0 Å². The number of esters is 1. The highest BCUT2D eigenvalue weighted by Gasteiger charge is 2.29. The van der Waals surface area contributed by atoms with Gasteiger partial charge < -0.3 is 19.1 Å². The van der Waals surface area contributed by atoms with E-state index in [1.807, 2.05) is 0 Å². The molecule has 1 amide bonds. The summed E-state index contributed by atoms with van der Waals surface area (Å²) in [5, 5.41) is 0.360. The summed E-state index contributed by atoms with van der Waals surface area (Å²) in [4.78, 5) is 31.2. The number of benzene rings is 2. The molecular formula is C32H29Cl2F2N3O7S. The second-order valence-corrected chi connectivity index (χ2v) is 13.6. The van der Waals surface area contributed by atoms with Gasteiger partial charge in [-0.25, -0.2) is 17.2 Å². The molecule has 15 heteroatoms. The first-order chi connectivity index (χ1) is 22.3. The van der Waals surface area contributed by atoms with Crippen LogP contribution in [0.15, 0.2) is 78.1 Å². The fraction of sp³-hybridized carbons (Fsp3) is 0.281. The van der Waals surface area contributed by atoms with Crippen LogP contribution >= 0.6 is 23.2 Å². The molecule has 1 atom stereocenters. The normalized spacial score (nSPS) is 13.7. The summed E-state index contributed by atoms with van der Waals surface area (Å²) in [5.74, 6) is -1.34. The van der Waals surface area contributed by atoms with Gasteiger partial charge in [0.15, 0.2) is 11.5 Å². The minimum absolute atomic E-state index is 0.0146. The molecule has 1 fully saturated rings. The van der Waals surface area contributed by atoms with Gasteiger partial charge >= 0.3 is 12.6 Å². The molecule has 0 bridgehead atoms. The molecule has 248 valence electrons. The third-order valence-corrected chi connectivity index (χ3v) is 9.62. The van der Waals surface area contributed by atoms with Gasteiger partial charge in [-0.05, 0) is 72.4 Å². The van der Waals surface area contributed by atoms with Crippen molar-refractivity contribution in [3.8, 4) is 11.5 Å². The van der Waals surface area contributed by atoms with E-state index in [4.69, 9.17) is 32.7 Å². The van der Waals surface area contributed by atoms with Crippen LogP contribution in [0, 0.1) is 5.92 Å². The van der Waals surface area contributed by atoms with Gasteiger partial charge in [0.25, 0.3) is 15.9 Å². The van der Waals surface area contributed by atoms with E-state index in [1.165, 1.54) is 92.2 Å². The highest BCUT2D eigenvalue weighted by molar-refractivity contribution is 7.90. The Kier molecular flexibility index (Phi) is 10.4. The number of hydrogen-bond donors (Lipinski definition) is 0. The van der Waals surface area contributed by atoms with Crippen LogP contribution in [0.1, 0.15) is 50.9 Å². The van der Waals surface area contributed by atoms with E-state index < -0.39 is 34.6 Å². The molecule has 0 spiro atoms. The van der Waals surface area contributed by atoms with Crippen molar-refractivity contribution in [1.82, 2.24) is 13.9 Å². The molecule has 5 rings (SSSR count). The summed E-state index contributed by atoms with van der Waals surface area (Å²) in [6.45, 7) is -2.83. The van der Waals surface area contributed by atoms with Gasteiger partial charge in [0.1, 0.15) is 11.8 Å². The fourth-order valence-corrected chi connectivity index (χ4v) is 6.55. The van der Waals surface area contributed by atoms with Crippen LogP contribution in [0.5, 0.6) is 11.5 Å². The van der Waals surface area contributed by atoms with Gasteiger partial charge in [0, 0.05) is 44.7 Å². The van der Waals surface area contributed by atoms with Crippen molar-refractivity contribution >= 4 is 45.1 Å². The number of hydrogen-bond acceptors (Lipinski definition) is 8. The summed E-state index contributed by atoms with van der Waals surface area (Å²) in [7, 11) is -1.30. The smallest absolute Gasteiger partial charge is 0.387 e. The third kappa shape index (κ3) is 8.03. The van der Waals surface area contributed by atoms with Crippen LogP contribution in [0.3, 0.4) is 0 Å². The Morgan fingerprint density at radius 2 is 1.74 bits per heavy atom. The number of nitrogens with zero attached hydrogens (tertiary/aromatic N) is 3. The van der Waals surface area contributed by atoms with Crippen LogP contribution in [0.2, 0.25) is 10.0 Å². The molecule has 1 aliphatic rings. The molecule has 47 heavy (non-hydrogen) atoms. The van der Waals surface area contributed by atoms with E-state index >= 15 is 0 Å². The second kappa shape index (κ2) is 14.3. The number of amides is 1. The number of alkyl halides is 2. The van der Waals surface area contributed by atoms with E-state index in [2.05, 4.69) is 9.72 Å². The van der Waals surface area contributed by atoms with E-state index in [1.54, 1.807) is 0 Å². The molecule has 2 heterocycles. The molecule has 0 saturated heterocycles. The summed E-state index contributed by atoms with van der Waals surface area (Å²) in [5.41, 5.74) is 0.483. The highest BCUT2D eigenvalue weighted by Crippen LogP contribution is 2.38. The average molecular weight is 709 g/mol. The van der Waals surface area contributed by atoms with Gasteiger partial charge in [-0.15, -0.1) is 0 Å². The van der Waals surface area contributed by atoms with Crippen molar-refractivity contribution in [2.24, 2.45) is 5.92 Å². The highest BCUT2D eigenvalue weighted by atomic mass is 35.5. The number of rotatable bonds is 13. The quantitative estimate of drug-likeness (QED) is 0.142. The number of pyridine rings is 1. The lowest BCUT2D eigenvalue weighted by Gasteiger charge is -2.22. The van der Waals surface area contributed by atoms with Gasteiger partial charge in [0.2, 0.25) is 0 Å². The first-order valence-corrected chi connectivity index (χ1v) is 16.5. The Hall–Kier alpha value is -4.20. The van der Waals surface area contributed by atoms with E-state index in [0.717, 1.165) is 16.8 Å². The van der Waals surface area contributed by atoms with Crippen molar-refractivity contribution in [1.29, 1.82) is 0 Å². The molecule has 2 aromatic carbocycles. The Morgan fingerprint density at radius 3 is 2.40 bits per heavy atom. The fourth-order valence-electron chi connectivity index (χ4n) is 4.65. The van der Waals surface area contributed by atoms with Gasteiger partial charge in [0.05, 0.1) is 21.5 Å². The third-order valence-electron chi connectivity index (χ3n) is 7.28. The Bertz CT molecular complexity index is 1880. The molecular weight excluding hydrogens is 679 g/mol. The number of aromatic nitrogens is 2. The number of ether oxygens (including phenoxy) is 3. The molecule has 0 unspecified atom stereocenters. The molecule has 1 aliphatic carbocycles. The maximum absolute atomic E-state index is 13.7. The van der Waals surface area contributed by atoms with E-state index in [-0.39, 0.29) is 56.6 Å². The lowest BCUT2D eigenvalue weighted by atomic mass is 10.0. The van der Waals surface area contributed by atoms with E-state index in [0.29, 0.717) is 11.1 Å². The molecule has 0 N–H and O–H groups in total. The zero-order valence-corrected chi connectivity index (χ0v) is 27.4. The Balaban J connectivity index is 1.50. The van der Waals surface area contributed by atoms with Crippen molar-refractivity contribution in [3.05, 3.63) is 106 Å². The van der Waals surface area contributed by atoms with Gasteiger partial charge in [-0.1, -0.05) is 35.3 Å². The van der Waals surface area contributed by atoms with Crippen LogP contribution in [-0.4, -0.2) is 61.5 Å². The molecule has 10 nitrogen and oxygen atoms in total. The lowest BCUT2D eigenvalue weighted by molar-refractivity contribution is -0.0515. The summed E-state index contributed by atoms with van der Waals surface area (Å²) < 4.78 is 70.9. The average Bonchev–Trinajstić information content (AvgIpc) is 3.72. The lowest BCUT2D eigenvalue weighted by Crippen LogP contribution is -2.23. The van der Waals surface area contributed by atoms with Crippen molar-refractivity contribution in [2.75, 3.05) is 20.7 Å². The SMILES string of the molecule is CN(C)C(=O)c1cccc(S(=O)(=O)n2cccc2C(=O)O[C@@H](Cc2c(Cl)cncc2Cl)c2ccc(OC(F)F)c(OCC3CC3)c2)c1. The molecule has 0 aliphatic heterocycles. The Morgan fingerprint density at radius 1 is 1.02 bits per heavy atom. The minimum Gasteiger partial charge on any atom is -0.489 e. The first-order valence-electron chi connectivity index (χ1n) is 14.3. The second-order valence-electron chi connectivity index (χ2n) is 10.9. The summed E-state index contributed by atoms with van der Waals surface area (Å²) in [6, 6.07) is 12.2. The predicted molar refractivity (Wildman–Crippen MR) is 169 cm³/mol. The standard InChI is InChI=1S/C32H29Cl2F2N3O7S/c1-38(2)30(40)21-5-3-6-22(13-21)47(42,43)39-12-4-7-26(39)31(41)45-28(15-23-24(33)16-37-17-25(23)34)20-10-11-27(46-32(35)36)29(14-20)44-18-19-8-9-19/h3-7,10-14,16-17,19,28,32H,8-9,15,18H2,1-2H3/t28-/m0/s1. The van der Waals surface area contributed by atoms with Crippen LogP contribution in [0.25, 0.3) is 0 Å². The monoisotopic (exact) mass is 707 g/mol. The van der Waals surface area contributed by atoms with Gasteiger partial charge in [-0.2, -0.15) is 8.78 Å². The maximum atomic E-state index is 13.7. The zero-order chi connectivity index (χ0) is 33.9. The largest absolute Gasteiger partial charge is 0.489 e. The first kappa shape index (κ1) is 34.1. The van der Waals surface area contributed by atoms with Crippen LogP contribution < -0.4 is 9.47 Å². The number of carbonyl (C=O) groups excluding carboxylic acids is 2. The van der Waals surface area contributed by atoms with Gasteiger partial charge in [-0.3, -0.25) is 9.78 Å².